The van der Waals surface area contributed by atoms with Crippen molar-refractivity contribution in [3.63, 3.8) is 0 Å². The third kappa shape index (κ3) is 4.19. The minimum absolute atomic E-state index is 0.0491. The Hall–Kier alpha value is -1.12. The molecule has 8 heteroatoms. The van der Waals surface area contributed by atoms with Gasteiger partial charge in [0, 0.05) is 4.47 Å². The molecule has 1 aromatic carbocycles. The van der Waals surface area contributed by atoms with Gasteiger partial charge in [0.15, 0.2) is 4.34 Å². The van der Waals surface area contributed by atoms with Gasteiger partial charge < -0.3 is 11.1 Å². The van der Waals surface area contributed by atoms with Gasteiger partial charge in [-0.25, -0.2) is 0 Å². The van der Waals surface area contributed by atoms with Crippen LogP contribution >= 0.6 is 39.0 Å². The van der Waals surface area contributed by atoms with E-state index in [9.17, 15) is 4.79 Å². The Labute approximate surface area is 133 Å². The molecule has 106 valence electrons. The number of nitrogens with two attached hydrogens (primary N) is 1. The third-order valence-corrected chi connectivity index (χ3v) is 5.11. The molecule has 0 spiro atoms. The molecular weight excluding hydrogens is 360 g/mol. The highest BCUT2D eigenvalue weighted by Gasteiger charge is 2.13. The van der Waals surface area contributed by atoms with Crippen molar-refractivity contribution in [1.29, 1.82) is 0 Å². The summed E-state index contributed by atoms with van der Waals surface area (Å²) in [5.74, 6) is 0.246. The van der Waals surface area contributed by atoms with Crippen LogP contribution in [0.15, 0.2) is 33.1 Å². The molecule has 0 aliphatic carbocycles. The zero-order chi connectivity index (χ0) is 14.5. The summed E-state index contributed by atoms with van der Waals surface area (Å²) in [6.07, 6.45) is 0. The van der Waals surface area contributed by atoms with Crippen LogP contribution in [-0.4, -0.2) is 21.9 Å². The van der Waals surface area contributed by atoms with Crippen LogP contribution in [0.2, 0.25) is 0 Å². The van der Waals surface area contributed by atoms with E-state index < -0.39 is 0 Å². The lowest BCUT2D eigenvalue weighted by Crippen LogP contribution is -2.28. The maximum atomic E-state index is 11.9. The number of hydrogen-bond acceptors (Lipinski definition) is 6. The maximum Gasteiger partial charge on any atom is 0.230 e. The average molecular weight is 373 g/mol. The highest BCUT2D eigenvalue weighted by atomic mass is 79.9. The number of halogens is 1. The quantitative estimate of drug-likeness (QED) is 0.788. The molecule has 0 unspecified atom stereocenters. The average Bonchev–Trinajstić information content (AvgIpc) is 2.82. The van der Waals surface area contributed by atoms with Crippen LogP contribution in [-0.2, 0) is 4.79 Å². The normalized spacial score (nSPS) is 12.1. The highest BCUT2D eigenvalue weighted by molar-refractivity contribution is 9.10. The fourth-order valence-electron chi connectivity index (χ4n) is 1.59. The maximum absolute atomic E-state index is 11.9. The number of carbonyl (C=O) groups excluding carboxylic acids is 1. The minimum atomic E-state index is -0.0573. The van der Waals surface area contributed by atoms with E-state index in [1.165, 1.54) is 23.1 Å². The van der Waals surface area contributed by atoms with E-state index in [2.05, 4.69) is 31.4 Å². The zero-order valence-electron chi connectivity index (χ0n) is 10.7. The number of aromatic nitrogens is 2. The van der Waals surface area contributed by atoms with Gasteiger partial charge in [0.2, 0.25) is 11.0 Å². The predicted molar refractivity (Wildman–Crippen MR) is 85.7 cm³/mol. The summed E-state index contributed by atoms with van der Waals surface area (Å²) in [7, 11) is 0. The first-order valence-electron chi connectivity index (χ1n) is 5.82. The Morgan fingerprint density at radius 2 is 2.25 bits per heavy atom. The first-order chi connectivity index (χ1) is 9.56. The molecule has 0 radical (unpaired) electrons. The number of benzene rings is 1. The van der Waals surface area contributed by atoms with E-state index in [1.54, 1.807) is 0 Å². The molecular formula is C12H13BrN4OS2. The lowest BCUT2D eigenvalue weighted by molar-refractivity contribution is -0.119. The van der Waals surface area contributed by atoms with Crippen molar-refractivity contribution in [2.24, 2.45) is 0 Å². The Morgan fingerprint density at radius 1 is 1.50 bits per heavy atom. The third-order valence-electron chi connectivity index (χ3n) is 2.50. The molecule has 1 amide bonds. The monoisotopic (exact) mass is 372 g/mol. The summed E-state index contributed by atoms with van der Waals surface area (Å²) in [5, 5.41) is 10.9. The number of rotatable bonds is 5. The van der Waals surface area contributed by atoms with Crippen molar-refractivity contribution >= 4 is 50.1 Å². The molecule has 5 nitrogen and oxygen atoms in total. The second-order valence-electron chi connectivity index (χ2n) is 4.01. The second kappa shape index (κ2) is 7.05. The highest BCUT2D eigenvalue weighted by Crippen LogP contribution is 2.25. The van der Waals surface area contributed by atoms with Gasteiger partial charge in [-0.1, -0.05) is 57.2 Å². The van der Waals surface area contributed by atoms with Crippen molar-refractivity contribution in [2.75, 3.05) is 11.5 Å². The SMILES string of the molecule is C[C@H](NC(=O)CSc1nnc(N)s1)c1ccccc1Br. The molecule has 0 aliphatic rings. The number of thioether (sulfide) groups is 1. The summed E-state index contributed by atoms with van der Waals surface area (Å²) in [4.78, 5) is 11.9. The van der Waals surface area contributed by atoms with Gasteiger partial charge in [0.05, 0.1) is 11.8 Å². The molecule has 1 heterocycles. The molecule has 1 atom stereocenters. The smallest absolute Gasteiger partial charge is 0.230 e. The molecule has 1 aromatic heterocycles. The van der Waals surface area contributed by atoms with Gasteiger partial charge in [-0.05, 0) is 18.6 Å². The minimum Gasteiger partial charge on any atom is -0.374 e. The van der Waals surface area contributed by atoms with Gasteiger partial charge in [0.1, 0.15) is 0 Å². The lowest BCUT2D eigenvalue weighted by Gasteiger charge is -2.15. The van der Waals surface area contributed by atoms with E-state index in [-0.39, 0.29) is 11.9 Å². The Morgan fingerprint density at radius 3 is 2.90 bits per heavy atom. The number of hydrogen-bond donors (Lipinski definition) is 2. The van der Waals surface area contributed by atoms with Crippen LogP contribution in [0.4, 0.5) is 5.13 Å². The number of amides is 1. The standard InChI is InChI=1S/C12H13BrN4OS2/c1-7(8-4-2-3-5-9(8)13)15-10(18)6-19-12-17-16-11(14)20-12/h2-5,7H,6H2,1H3,(H2,14,16)(H,15,18)/t7-/m0/s1. The first-order valence-corrected chi connectivity index (χ1v) is 8.41. The van der Waals surface area contributed by atoms with Crippen LogP contribution in [0.3, 0.4) is 0 Å². The molecule has 20 heavy (non-hydrogen) atoms. The summed E-state index contributed by atoms with van der Waals surface area (Å²) in [6.45, 7) is 1.95. The van der Waals surface area contributed by atoms with Gasteiger partial charge >= 0.3 is 0 Å². The Balaban J connectivity index is 1.87. The summed E-state index contributed by atoms with van der Waals surface area (Å²) < 4.78 is 1.68. The van der Waals surface area contributed by atoms with Crippen molar-refractivity contribution in [3.8, 4) is 0 Å². The topological polar surface area (TPSA) is 80.9 Å². The van der Waals surface area contributed by atoms with Crippen LogP contribution in [0.1, 0.15) is 18.5 Å². The molecule has 3 N–H and O–H groups in total. The predicted octanol–water partition coefficient (Wildman–Crippen LogP) is 2.85. The van der Waals surface area contributed by atoms with E-state index in [0.29, 0.717) is 15.2 Å². The number of carbonyl (C=O) groups is 1. The van der Waals surface area contributed by atoms with Crippen molar-refractivity contribution in [2.45, 2.75) is 17.3 Å². The summed E-state index contributed by atoms with van der Waals surface area (Å²) in [5.41, 5.74) is 6.53. The summed E-state index contributed by atoms with van der Waals surface area (Å²) in [6, 6.07) is 7.77. The molecule has 0 saturated heterocycles. The number of nitrogen functional groups attached to an aromatic ring is 1. The summed E-state index contributed by atoms with van der Waals surface area (Å²) >= 11 is 6.09. The molecule has 0 bridgehead atoms. The Bertz CT molecular complexity index is 605. The first kappa shape index (κ1) is 15.3. The Kier molecular flexibility index (Phi) is 5.38. The fraction of sp³-hybridized carbons (Fsp3) is 0.250. The van der Waals surface area contributed by atoms with Gasteiger partial charge in [0.25, 0.3) is 0 Å². The largest absolute Gasteiger partial charge is 0.374 e. The van der Waals surface area contributed by atoms with Crippen LogP contribution in [0.25, 0.3) is 0 Å². The number of anilines is 1. The van der Waals surface area contributed by atoms with E-state index in [4.69, 9.17) is 5.73 Å². The van der Waals surface area contributed by atoms with Gasteiger partial charge in [-0.15, -0.1) is 10.2 Å². The van der Waals surface area contributed by atoms with Crippen molar-refractivity contribution < 1.29 is 4.79 Å². The van der Waals surface area contributed by atoms with Gasteiger partial charge in [-0.3, -0.25) is 4.79 Å². The van der Waals surface area contributed by atoms with Crippen molar-refractivity contribution in [3.05, 3.63) is 34.3 Å². The van der Waals surface area contributed by atoms with E-state index in [1.807, 2.05) is 31.2 Å². The van der Waals surface area contributed by atoms with E-state index >= 15 is 0 Å². The van der Waals surface area contributed by atoms with Gasteiger partial charge in [-0.2, -0.15) is 0 Å². The fourth-order valence-corrected chi connectivity index (χ4v) is 3.67. The van der Waals surface area contributed by atoms with Crippen LogP contribution in [0, 0.1) is 0 Å². The molecule has 2 rings (SSSR count). The molecule has 0 fully saturated rings. The molecule has 2 aromatic rings. The van der Waals surface area contributed by atoms with E-state index in [0.717, 1.165) is 10.0 Å². The molecule has 0 saturated carbocycles. The second-order valence-corrected chi connectivity index (χ2v) is 7.09. The zero-order valence-corrected chi connectivity index (χ0v) is 13.9. The van der Waals surface area contributed by atoms with Crippen LogP contribution < -0.4 is 11.1 Å². The van der Waals surface area contributed by atoms with Crippen LogP contribution in [0.5, 0.6) is 0 Å². The lowest BCUT2D eigenvalue weighted by atomic mass is 10.1. The molecule has 0 aliphatic heterocycles. The number of nitrogens with one attached hydrogen (secondary N) is 1. The van der Waals surface area contributed by atoms with Crippen molar-refractivity contribution in [1.82, 2.24) is 15.5 Å². The number of nitrogens with zero attached hydrogens (tertiary/aromatic N) is 2.